The van der Waals surface area contributed by atoms with Gasteiger partial charge in [-0.15, -0.1) is 0 Å². The number of carbonyl (C=O) groups excluding carboxylic acids is 1. The maximum atomic E-state index is 12.5. The van der Waals surface area contributed by atoms with Gasteiger partial charge in [0, 0.05) is 0 Å². The quantitative estimate of drug-likeness (QED) is 0.239. The number of aromatic carboxylic acids is 1. The van der Waals surface area contributed by atoms with Crippen molar-refractivity contribution >= 4 is 5.97 Å². The van der Waals surface area contributed by atoms with Crippen LogP contribution in [0.5, 0.6) is 0 Å². The predicted molar refractivity (Wildman–Crippen MR) is 84.9 cm³/mol. The summed E-state index contributed by atoms with van der Waals surface area (Å²) in [5.74, 6) is -14.4. The van der Waals surface area contributed by atoms with Crippen molar-refractivity contribution < 1.29 is 36.4 Å². The summed E-state index contributed by atoms with van der Waals surface area (Å²) in [5.41, 5.74) is -1.97. The fraction of sp³-hybridized carbons (Fsp3) is 0.444. The molecule has 0 aliphatic carbocycles. The molecule has 0 unspecified atom stereocenters. The van der Waals surface area contributed by atoms with Gasteiger partial charge in [0.05, 0.1) is 25.1 Å². The lowest BCUT2D eigenvalue weighted by Gasteiger charge is -2.07. The van der Waals surface area contributed by atoms with Crippen molar-refractivity contribution in [2.45, 2.75) is 45.6 Å². The van der Waals surface area contributed by atoms with Crippen molar-refractivity contribution in [2.75, 3.05) is 0 Å². The van der Waals surface area contributed by atoms with Crippen LogP contribution in [-0.2, 0) is 13.6 Å². The van der Waals surface area contributed by atoms with Crippen LogP contribution in [0, 0.1) is 29.1 Å². The third kappa shape index (κ3) is 6.33. The molecule has 2 rings (SSSR count). The Hall–Kier alpha value is -2.45. The number of hydrogen-bond donors (Lipinski definition) is 0. The van der Waals surface area contributed by atoms with E-state index in [1.807, 2.05) is 0 Å². The van der Waals surface area contributed by atoms with E-state index in [9.17, 15) is 31.9 Å². The zero-order valence-electron chi connectivity index (χ0n) is 15.1. The molecule has 0 aliphatic rings. The number of benzene rings is 1. The van der Waals surface area contributed by atoms with E-state index in [2.05, 4.69) is 41.8 Å². The summed E-state index contributed by atoms with van der Waals surface area (Å²) in [6, 6.07) is 0. The highest BCUT2D eigenvalue weighted by Gasteiger charge is 2.25. The Kier molecular flexibility index (Phi) is 8.90. The van der Waals surface area contributed by atoms with Crippen LogP contribution in [0.25, 0.3) is 0 Å². The van der Waals surface area contributed by atoms with E-state index in [0.29, 0.717) is 0 Å². The minimum Gasteiger partial charge on any atom is -0.545 e. The average molecular weight is 392 g/mol. The van der Waals surface area contributed by atoms with Crippen LogP contribution in [-0.4, -0.2) is 10.5 Å². The Morgan fingerprint density at radius 3 is 1.93 bits per heavy atom. The summed E-state index contributed by atoms with van der Waals surface area (Å²) in [5, 5.41) is 10.0. The molecule has 0 amide bonds. The largest absolute Gasteiger partial charge is 0.545 e. The van der Waals surface area contributed by atoms with Crippen molar-refractivity contribution in [1.82, 2.24) is 4.57 Å². The van der Waals surface area contributed by atoms with Crippen LogP contribution in [0.4, 0.5) is 22.0 Å². The zero-order chi connectivity index (χ0) is 20.6. The molecular formula is C18H21F5N2O2. The number of hydrogen-bond acceptors (Lipinski definition) is 2. The molecule has 1 aromatic carbocycles. The Morgan fingerprint density at radius 2 is 1.48 bits per heavy atom. The number of imidazole rings is 1. The fourth-order valence-corrected chi connectivity index (χ4v) is 2.32. The third-order valence-corrected chi connectivity index (χ3v) is 3.76. The van der Waals surface area contributed by atoms with Crippen LogP contribution < -0.4 is 9.67 Å². The molecule has 0 N–H and O–H groups in total. The van der Waals surface area contributed by atoms with Crippen molar-refractivity contribution in [3.8, 4) is 0 Å². The van der Waals surface area contributed by atoms with Crippen molar-refractivity contribution in [3.05, 3.63) is 53.4 Å². The number of halogens is 5. The highest BCUT2D eigenvalue weighted by atomic mass is 19.2. The summed E-state index contributed by atoms with van der Waals surface area (Å²) >= 11 is 0. The molecule has 0 saturated carbocycles. The van der Waals surface area contributed by atoms with E-state index in [1.54, 1.807) is 0 Å². The van der Waals surface area contributed by atoms with E-state index in [0.717, 1.165) is 0 Å². The molecule has 150 valence electrons. The average Bonchev–Trinajstić information content (AvgIpc) is 3.04. The van der Waals surface area contributed by atoms with E-state index in [-0.39, 0.29) is 0 Å². The molecular weight excluding hydrogens is 371 g/mol. The lowest BCUT2D eigenvalue weighted by atomic mass is 10.1. The molecule has 1 heterocycles. The Balaban J connectivity index is 0.000000271. The molecule has 9 heteroatoms. The number of carbonyl (C=O) groups is 1. The highest BCUT2D eigenvalue weighted by Crippen LogP contribution is 2.22. The van der Waals surface area contributed by atoms with Gasteiger partial charge in [-0.2, -0.15) is 0 Å². The highest BCUT2D eigenvalue weighted by molar-refractivity contribution is 5.86. The lowest BCUT2D eigenvalue weighted by molar-refractivity contribution is -0.671. The van der Waals surface area contributed by atoms with Gasteiger partial charge >= 0.3 is 0 Å². The van der Waals surface area contributed by atoms with Crippen LogP contribution in [0.2, 0.25) is 0 Å². The molecule has 1 aromatic heterocycles. The number of carboxylic acid groups (broad SMARTS) is 1. The molecule has 0 atom stereocenters. The predicted octanol–water partition coefficient (Wildman–Crippen LogP) is 3.03. The Morgan fingerprint density at radius 1 is 0.963 bits per heavy atom. The van der Waals surface area contributed by atoms with Gasteiger partial charge in [0.25, 0.3) is 0 Å². The van der Waals surface area contributed by atoms with Crippen LogP contribution in [0.1, 0.15) is 49.4 Å². The minimum absolute atomic E-state index is 1.17. The second-order valence-corrected chi connectivity index (χ2v) is 5.96. The summed E-state index contributed by atoms with van der Waals surface area (Å²) in [4.78, 5) is 10.0. The minimum atomic E-state index is -2.47. The van der Waals surface area contributed by atoms with Crippen LogP contribution >= 0.6 is 0 Å². The maximum absolute atomic E-state index is 12.5. The van der Waals surface area contributed by atoms with Gasteiger partial charge in [0.1, 0.15) is 12.4 Å². The van der Waals surface area contributed by atoms with Gasteiger partial charge in [0.2, 0.25) is 12.1 Å². The Bertz CT molecular complexity index is 748. The van der Waals surface area contributed by atoms with Gasteiger partial charge in [-0.05, 0) is 12.8 Å². The first-order valence-electron chi connectivity index (χ1n) is 8.44. The number of aryl methyl sites for hydroxylation is 2. The SMILES string of the molecule is CCCCCCCn1cc[n+](C)c1.O=C([O-])c1c(F)c(F)c(F)c(F)c1F. The topological polar surface area (TPSA) is 48.9 Å². The standard InChI is InChI=1S/C11H21N2.C7HF5O2/c1-3-4-5-6-7-8-13-10-9-12(2)11-13;8-2-1(7(13)14)3(9)5(11)6(12)4(2)10/h9-11H,3-8H2,1-2H3;(H,13,14)/q+1;/p-1. The van der Waals surface area contributed by atoms with Gasteiger partial charge in [-0.3, -0.25) is 0 Å². The molecule has 2 aromatic rings. The van der Waals surface area contributed by atoms with E-state index >= 15 is 0 Å². The molecule has 0 aliphatic heterocycles. The van der Waals surface area contributed by atoms with Gasteiger partial charge in [0.15, 0.2) is 23.3 Å². The lowest BCUT2D eigenvalue weighted by Crippen LogP contribution is -2.26. The zero-order valence-corrected chi connectivity index (χ0v) is 15.1. The van der Waals surface area contributed by atoms with E-state index < -0.39 is 40.6 Å². The van der Waals surface area contributed by atoms with Crippen LogP contribution in [0.3, 0.4) is 0 Å². The molecule has 0 fully saturated rings. The Labute approximate surface area is 153 Å². The molecule has 0 bridgehead atoms. The third-order valence-electron chi connectivity index (χ3n) is 3.76. The normalized spacial score (nSPS) is 10.5. The number of unbranched alkanes of at least 4 members (excludes halogenated alkanes) is 4. The number of nitrogens with zero attached hydrogens (tertiary/aromatic N) is 2. The molecule has 4 nitrogen and oxygen atoms in total. The molecule has 0 saturated heterocycles. The van der Waals surface area contributed by atoms with Crippen LogP contribution in [0.15, 0.2) is 18.7 Å². The fourth-order valence-electron chi connectivity index (χ4n) is 2.32. The summed E-state index contributed by atoms with van der Waals surface area (Å²) < 4.78 is 66.3. The van der Waals surface area contributed by atoms with Crippen molar-refractivity contribution in [2.24, 2.45) is 7.05 Å². The number of rotatable bonds is 7. The van der Waals surface area contributed by atoms with Gasteiger partial charge in [-0.25, -0.2) is 31.1 Å². The van der Waals surface area contributed by atoms with Crippen molar-refractivity contribution in [3.63, 3.8) is 0 Å². The van der Waals surface area contributed by atoms with E-state index in [4.69, 9.17) is 0 Å². The van der Waals surface area contributed by atoms with E-state index in [1.165, 1.54) is 38.6 Å². The summed E-state index contributed by atoms with van der Waals surface area (Å²) in [6.45, 7) is 3.43. The van der Waals surface area contributed by atoms with Gasteiger partial charge < -0.3 is 9.90 Å². The summed E-state index contributed by atoms with van der Waals surface area (Å²) in [6.07, 6.45) is 13.2. The van der Waals surface area contributed by atoms with Crippen molar-refractivity contribution in [1.29, 1.82) is 0 Å². The first kappa shape index (κ1) is 22.6. The first-order chi connectivity index (χ1) is 12.7. The second-order valence-electron chi connectivity index (χ2n) is 5.96. The maximum Gasteiger partial charge on any atom is 0.243 e. The molecule has 0 spiro atoms. The number of aromatic nitrogens is 2. The number of carboxylic acids is 1. The summed E-state index contributed by atoms with van der Waals surface area (Å²) in [7, 11) is 2.06. The molecule has 27 heavy (non-hydrogen) atoms. The monoisotopic (exact) mass is 392 g/mol. The first-order valence-corrected chi connectivity index (χ1v) is 8.44. The second kappa shape index (κ2) is 10.6. The van der Waals surface area contributed by atoms with Gasteiger partial charge in [-0.1, -0.05) is 26.2 Å². The molecule has 0 radical (unpaired) electrons. The smallest absolute Gasteiger partial charge is 0.243 e.